The number of phenols is 2. The van der Waals surface area contributed by atoms with Crippen LogP contribution in [0.4, 0.5) is 0 Å². The minimum atomic E-state index is -0.251. The molecule has 160 valence electrons. The quantitative estimate of drug-likeness (QED) is 0.564. The second-order valence-electron chi connectivity index (χ2n) is 8.61. The van der Waals surface area contributed by atoms with E-state index in [0.29, 0.717) is 40.0 Å². The predicted octanol–water partition coefficient (Wildman–Crippen LogP) is 3.85. The molecule has 6 nitrogen and oxygen atoms in total. The van der Waals surface area contributed by atoms with Gasteiger partial charge in [-0.15, -0.1) is 0 Å². The molecule has 0 bridgehead atoms. The Balaban J connectivity index is 1.57. The Labute approximate surface area is 185 Å². The highest BCUT2D eigenvalue weighted by atomic mass is 35.5. The van der Waals surface area contributed by atoms with E-state index in [4.69, 9.17) is 11.6 Å². The fourth-order valence-electron chi connectivity index (χ4n) is 4.69. The van der Waals surface area contributed by atoms with Gasteiger partial charge in [-0.2, -0.15) is 0 Å². The minimum Gasteiger partial charge on any atom is -0.508 e. The number of aromatic nitrogens is 1. The monoisotopic (exact) mass is 437 g/mol. The summed E-state index contributed by atoms with van der Waals surface area (Å²) >= 11 is 6.09. The van der Waals surface area contributed by atoms with E-state index in [-0.39, 0.29) is 24.0 Å². The first-order chi connectivity index (χ1) is 14.9. The number of carbonyl (C=O) groups excluding carboxylic acids is 1. The van der Waals surface area contributed by atoms with Crippen LogP contribution in [0.3, 0.4) is 0 Å². The molecule has 1 atom stereocenters. The highest BCUT2D eigenvalue weighted by Gasteiger charge is 2.36. The summed E-state index contributed by atoms with van der Waals surface area (Å²) in [6.45, 7) is 4.85. The van der Waals surface area contributed by atoms with Gasteiger partial charge in [-0.25, -0.2) is 0 Å². The van der Waals surface area contributed by atoms with Gasteiger partial charge in [0, 0.05) is 28.7 Å². The van der Waals surface area contributed by atoms with E-state index in [9.17, 15) is 15.0 Å². The molecule has 31 heavy (non-hydrogen) atoms. The highest BCUT2D eigenvalue weighted by Crippen LogP contribution is 2.41. The fourth-order valence-corrected chi connectivity index (χ4v) is 4.88. The zero-order valence-corrected chi connectivity index (χ0v) is 18.0. The number of halogens is 1. The fraction of sp³-hybridized carbons (Fsp3) is 0.333. The Hall–Kier alpha value is -2.83. The molecule has 3 aromatic rings. The lowest BCUT2D eigenvalue weighted by Gasteiger charge is -2.33. The molecule has 1 amide bonds. The van der Waals surface area contributed by atoms with Crippen molar-refractivity contribution in [2.24, 2.45) is 11.8 Å². The Morgan fingerprint density at radius 1 is 1.29 bits per heavy atom. The zero-order chi connectivity index (χ0) is 21.7. The van der Waals surface area contributed by atoms with Crippen LogP contribution in [-0.2, 0) is 19.5 Å². The minimum absolute atomic E-state index is 0.0601. The number of fused-ring (bicyclic) bond motifs is 2. The van der Waals surface area contributed by atoms with E-state index in [1.165, 1.54) is 6.07 Å². The molecule has 3 heterocycles. The first-order valence-electron chi connectivity index (χ1n) is 10.5. The van der Waals surface area contributed by atoms with Crippen LogP contribution < -0.4 is 5.32 Å². The van der Waals surface area contributed by atoms with Crippen LogP contribution in [0.15, 0.2) is 36.5 Å². The molecule has 1 aromatic heterocycles. The van der Waals surface area contributed by atoms with Crippen molar-refractivity contribution in [3.63, 3.8) is 0 Å². The zero-order valence-electron chi connectivity index (χ0n) is 17.2. The Morgan fingerprint density at radius 3 is 2.84 bits per heavy atom. The molecule has 1 saturated heterocycles. The summed E-state index contributed by atoms with van der Waals surface area (Å²) < 4.78 is 0. The SMILES string of the molecule is CC(Cc1c2c(c(O)c3ncccc13)C(=O)N(Cc1cc(Cl)ccc1O)C2)C1CNC1. The molecule has 1 fully saturated rings. The highest BCUT2D eigenvalue weighted by molar-refractivity contribution is 6.30. The van der Waals surface area contributed by atoms with E-state index >= 15 is 0 Å². The van der Waals surface area contributed by atoms with Crippen molar-refractivity contribution in [1.82, 2.24) is 15.2 Å². The van der Waals surface area contributed by atoms with Gasteiger partial charge in [0.15, 0.2) is 5.75 Å². The van der Waals surface area contributed by atoms with Crippen LogP contribution in [0.2, 0.25) is 5.02 Å². The van der Waals surface area contributed by atoms with E-state index in [1.807, 2.05) is 12.1 Å². The summed E-state index contributed by atoms with van der Waals surface area (Å²) in [5.41, 5.74) is 3.33. The van der Waals surface area contributed by atoms with E-state index in [2.05, 4.69) is 17.2 Å². The number of nitrogens with one attached hydrogen (secondary N) is 1. The van der Waals surface area contributed by atoms with Crippen molar-refractivity contribution in [3.05, 3.63) is 63.8 Å². The number of nitrogens with zero attached hydrogens (tertiary/aromatic N) is 2. The number of aromatic hydroxyl groups is 2. The van der Waals surface area contributed by atoms with Crippen molar-refractivity contribution in [2.45, 2.75) is 26.4 Å². The van der Waals surface area contributed by atoms with Gasteiger partial charge >= 0.3 is 0 Å². The molecule has 0 radical (unpaired) electrons. The molecule has 2 aliphatic rings. The lowest BCUT2D eigenvalue weighted by atomic mass is 9.82. The van der Waals surface area contributed by atoms with Crippen LogP contribution in [0.5, 0.6) is 11.5 Å². The third-order valence-corrected chi connectivity index (χ3v) is 6.89. The number of pyridine rings is 1. The number of carbonyl (C=O) groups is 1. The van der Waals surface area contributed by atoms with Gasteiger partial charge in [-0.05, 0) is 66.7 Å². The number of phenolic OH excluding ortho intramolecular Hbond substituents is 2. The van der Waals surface area contributed by atoms with Gasteiger partial charge < -0.3 is 20.4 Å². The van der Waals surface area contributed by atoms with Crippen LogP contribution in [0.25, 0.3) is 10.9 Å². The first-order valence-corrected chi connectivity index (χ1v) is 10.9. The van der Waals surface area contributed by atoms with Crippen molar-refractivity contribution in [2.75, 3.05) is 13.1 Å². The maximum absolute atomic E-state index is 13.3. The Morgan fingerprint density at radius 2 is 2.10 bits per heavy atom. The molecular formula is C24H24ClN3O3. The molecule has 0 saturated carbocycles. The molecule has 2 aromatic carbocycles. The van der Waals surface area contributed by atoms with E-state index in [0.717, 1.165) is 36.0 Å². The van der Waals surface area contributed by atoms with E-state index < -0.39 is 0 Å². The summed E-state index contributed by atoms with van der Waals surface area (Å²) in [7, 11) is 0. The first kappa shape index (κ1) is 20.1. The van der Waals surface area contributed by atoms with Crippen molar-refractivity contribution < 1.29 is 15.0 Å². The second-order valence-corrected chi connectivity index (χ2v) is 9.05. The van der Waals surface area contributed by atoms with Gasteiger partial charge in [0.2, 0.25) is 0 Å². The van der Waals surface area contributed by atoms with Crippen LogP contribution in [-0.4, -0.2) is 39.1 Å². The van der Waals surface area contributed by atoms with Crippen molar-refractivity contribution >= 4 is 28.4 Å². The van der Waals surface area contributed by atoms with Crippen LogP contribution in [0.1, 0.15) is 34.0 Å². The Kier molecular flexibility index (Phi) is 4.99. The molecule has 3 N–H and O–H groups in total. The maximum atomic E-state index is 13.3. The molecule has 1 unspecified atom stereocenters. The van der Waals surface area contributed by atoms with Crippen LogP contribution in [0, 0.1) is 11.8 Å². The van der Waals surface area contributed by atoms with E-state index in [1.54, 1.807) is 23.2 Å². The number of hydrogen-bond donors (Lipinski definition) is 3. The molecule has 0 spiro atoms. The lowest BCUT2D eigenvalue weighted by molar-refractivity contribution is 0.0763. The molecule has 0 aliphatic carbocycles. The van der Waals surface area contributed by atoms with Crippen LogP contribution >= 0.6 is 11.6 Å². The van der Waals surface area contributed by atoms with Gasteiger partial charge in [0.25, 0.3) is 5.91 Å². The third-order valence-electron chi connectivity index (χ3n) is 6.66. The number of benzene rings is 2. The normalized spacial score (nSPS) is 17.1. The summed E-state index contributed by atoms with van der Waals surface area (Å²) in [5.74, 6) is 0.830. The standard InChI is InChI=1S/C24H24ClN3O3/c1-13(15-9-26-10-15)7-18-17-3-2-6-27-22(17)23(30)21-19(18)12-28(24(21)31)11-14-8-16(25)4-5-20(14)29/h2-6,8,13,15,26,29-30H,7,9-12H2,1H3. The predicted molar refractivity (Wildman–Crippen MR) is 119 cm³/mol. The summed E-state index contributed by atoms with van der Waals surface area (Å²) in [4.78, 5) is 19.3. The third kappa shape index (κ3) is 3.40. The van der Waals surface area contributed by atoms with Gasteiger partial charge in [-0.3, -0.25) is 9.78 Å². The van der Waals surface area contributed by atoms with Gasteiger partial charge in [0.05, 0.1) is 12.1 Å². The summed E-state index contributed by atoms with van der Waals surface area (Å²) in [5, 5.41) is 25.9. The lowest BCUT2D eigenvalue weighted by Crippen LogP contribution is -2.45. The summed E-state index contributed by atoms with van der Waals surface area (Å²) in [6, 6.07) is 8.64. The smallest absolute Gasteiger partial charge is 0.258 e. The summed E-state index contributed by atoms with van der Waals surface area (Å²) in [6.07, 6.45) is 2.46. The maximum Gasteiger partial charge on any atom is 0.258 e. The van der Waals surface area contributed by atoms with Crippen molar-refractivity contribution in [1.29, 1.82) is 0 Å². The van der Waals surface area contributed by atoms with Crippen molar-refractivity contribution in [3.8, 4) is 11.5 Å². The molecule has 2 aliphatic heterocycles. The number of amides is 1. The second kappa shape index (κ2) is 7.70. The number of hydrogen-bond acceptors (Lipinski definition) is 5. The number of rotatable bonds is 5. The average molecular weight is 438 g/mol. The largest absolute Gasteiger partial charge is 0.508 e. The van der Waals surface area contributed by atoms with Gasteiger partial charge in [-0.1, -0.05) is 24.6 Å². The van der Waals surface area contributed by atoms with Gasteiger partial charge in [0.1, 0.15) is 11.3 Å². The molecule has 7 heteroatoms. The Bertz CT molecular complexity index is 1190. The molecular weight excluding hydrogens is 414 g/mol. The topological polar surface area (TPSA) is 85.7 Å². The molecule has 5 rings (SSSR count). The average Bonchev–Trinajstić information content (AvgIpc) is 3.03.